The van der Waals surface area contributed by atoms with Gasteiger partial charge in [-0.2, -0.15) is 30.2 Å². The number of hydrogen-bond donors (Lipinski definition) is 5. The molecule has 0 radical (unpaired) electrons. The Balaban J connectivity index is 0.000000132. The largest absolute Gasteiger partial charge is 0.394 e. The molecule has 12 rings (SSSR count). The lowest BCUT2D eigenvalue weighted by atomic mass is 10.2. The van der Waals surface area contributed by atoms with Gasteiger partial charge in [-0.05, 0) is 27.2 Å². The highest BCUT2D eigenvalue weighted by molar-refractivity contribution is 5.93. The Morgan fingerprint density at radius 1 is 0.423 bits per heavy atom. The molecule has 0 bridgehead atoms. The quantitative estimate of drug-likeness (QED) is 0.117. The number of nitrogen functional groups attached to an aromatic ring is 3. The molecule has 12 heterocycles. The molecule has 0 aromatic carbocycles. The highest BCUT2D eigenvalue weighted by Crippen LogP contribution is 2.33. The number of aromatic nitrogens is 18. The summed E-state index contributed by atoms with van der Waals surface area (Å²) in [6, 6.07) is -0.152. The van der Waals surface area contributed by atoms with Crippen molar-refractivity contribution in [2.75, 3.05) is 124 Å². The van der Waals surface area contributed by atoms with Crippen LogP contribution < -0.4 is 31.9 Å². The predicted octanol–water partition coefficient (Wildman–Crippen LogP) is 2.18. The monoisotopic (exact) mass is 1070 g/mol. The fraction of sp³-hybridized carbons (Fsp3) is 0.449. The second kappa shape index (κ2) is 23.8. The summed E-state index contributed by atoms with van der Waals surface area (Å²) in [5.74, 6) is 2.52. The van der Waals surface area contributed by atoms with Crippen LogP contribution in [-0.4, -0.2) is 191 Å². The maximum Gasteiger partial charge on any atom is 0.228 e. The zero-order valence-corrected chi connectivity index (χ0v) is 43.8. The van der Waals surface area contributed by atoms with Gasteiger partial charge in [-0.15, -0.1) is 0 Å². The maximum atomic E-state index is 9.54. The van der Waals surface area contributed by atoms with E-state index in [1.54, 1.807) is 58.9 Å². The molecule has 9 aromatic heterocycles. The molecule has 3 saturated heterocycles. The molecule has 3 aliphatic heterocycles. The van der Waals surface area contributed by atoms with Gasteiger partial charge in [0.25, 0.3) is 0 Å². The number of nitrogens with two attached hydrogens (primary N) is 3. The number of aliphatic hydroxyl groups excluding tert-OH is 2. The van der Waals surface area contributed by atoms with Crippen molar-refractivity contribution in [1.29, 1.82) is 0 Å². The molecule has 3 atom stereocenters. The summed E-state index contributed by atoms with van der Waals surface area (Å²) in [5.41, 5.74) is 23.4. The first kappa shape index (κ1) is 52.9. The number of nitrogens with zero attached hydrogens (tertiary/aromatic N) is 21. The van der Waals surface area contributed by atoms with E-state index in [9.17, 15) is 10.2 Å². The average molecular weight is 1070 g/mol. The van der Waals surface area contributed by atoms with Gasteiger partial charge in [0.15, 0.2) is 16.9 Å². The van der Waals surface area contributed by atoms with E-state index >= 15 is 0 Å². The Morgan fingerprint density at radius 3 is 0.949 bits per heavy atom. The van der Waals surface area contributed by atoms with E-state index in [4.69, 9.17) is 61.3 Å². The summed E-state index contributed by atoms with van der Waals surface area (Å²) in [7, 11) is 0. The van der Waals surface area contributed by atoms with Gasteiger partial charge in [0.05, 0.1) is 123 Å². The molecule has 1 unspecified atom stereocenters. The number of anilines is 6. The number of rotatable bonds is 12. The number of aliphatic hydroxyl groups is 2. The van der Waals surface area contributed by atoms with Gasteiger partial charge in [-0.25, -0.2) is 58.9 Å². The summed E-state index contributed by atoms with van der Waals surface area (Å²) < 4.78 is 21.7. The van der Waals surface area contributed by atoms with Crippen molar-refractivity contribution in [1.82, 2.24) is 89.1 Å². The first-order valence-corrected chi connectivity index (χ1v) is 25.7. The molecule has 0 saturated carbocycles. The minimum absolute atomic E-state index is 0.0337. The standard InChI is InChI=1S/C17H22N8O.2C16H20N8O2/c1-3-11(2)25-15-13(10-21-25)14(12-8-19-16(18)20-9-12)22-17(23-15)24-4-6-26-7-5-24;2*1-10(9-25)24-14-12(8-20-24)13(11-6-18-15(17)19-7-11)21-16(22-14)23-2-4-26-5-3-23/h8-11H,3-7H2,1-2H3,(H2,18,19,20);2*6-8,10,25H,2-5,9H2,1H3,(H2,17,18,19)/t;2*10-/m.10/s1. The third-order valence-corrected chi connectivity index (χ3v) is 13.4. The van der Waals surface area contributed by atoms with Crippen LogP contribution in [0.3, 0.4) is 0 Å². The normalized spacial score (nSPS) is 16.2. The summed E-state index contributed by atoms with van der Waals surface area (Å²) in [6.07, 6.45) is 16.1. The van der Waals surface area contributed by atoms with Gasteiger partial charge in [0.1, 0.15) is 0 Å². The first-order valence-electron chi connectivity index (χ1n) is 25.7. The van der Waals surface area contributed by atoms with Gasteiger partial charge < -0.3 is 56.3 Å². The van der Waals surface area contributed by atoms with E-state index in [2.05, 4.69) is 73.7 Å². The Morgan fingerprint density at radius 2 is 0.692 bits per heavy atom. The van der Waals surface area contributed by atoms with E-state index in [-0.39, 0.29) is 49.2 Å². The molecule has 408 valence electrons. The fourth-order valence-corrected chi connectivity index (χ4v) is 8.79. The van der Waals surface area contributed by atoms with Gasteiger partial charge in [-0.3, -0.25) is 0 Å². The van der Waals surface area contributed by atoms with Crippen LogP contribution in [0.4, 0.5) is 35.7 Å². The van der Waals surface area contributed by atoms with Crippen LogP contribution in [0.25, 0.3) is 66.9 Å². The Labute approximate surface area is 446 Å². The SMILES string of the molecule is CCC(C)n1ncc2c(-c3cnc(N)nc3)nc(N3CCOCC3)nc21.C[C@@H](CO)n1ncc2c(-c3cnc(N)nc3)nc(N3CCOCC3)nc21.C[C@H](CO)n1ncc2c(-c3cnc(N)nc3)nc(N3CCOCC3)nc21. The highest BCUT2D eigenvalue weighted by atomic mass is 16.5. The van der Waals surface area contributed by atoms with Crippen LogP contribution in [0.2, 0.25) is 0 Å². The van der Waals surface area contributed by atoms with E-state index in [0.29, 0.717) is 106 Å². The van der Waals surface area contributed by atoms with Gasteiger partial charge >= 0.3 is 0 Å². The fourth-order valence-electron chi connectivity index (χ4n) is 8.79. The minimum atomic E-state index is -0.199. The number of ether oxygens (including phenoxy) is 3. The van der Waals surface area contributed by atoms with Crippen molar-refractivity contribution in [2.24, 2.45) is 0 Å². The number of morpholine rings is 3. The summed E-state index contributed by atoms with van der Waals surface area (Å²) >= 11 is 0. The molecule has 8 N–H and O–H groups in total. The van der Waals surface area contributed by atoms with Gasteiger partial charge in [-0.1, -0.05) is 6.92 Å². The summed E-state index contributed by atoms with van der Waals surface area (Å²) in [6.45, 7) is 16.2. The molecule has 0 aliphatic carbocycles. The van der Waals surface area contributed by atoms with Crippen LogP contribution in [0.5, 0.6) is 0 Å². The van der Waals surface area contributed by atoms with E-state index in [1.165, 1.54) is 0 Å². The zero-order chi connectivity index (χ0) is 54.3. The molecule has 3 aliphatic rings. The smallest absolute Gasteiger partial charge is 0.228 e. The van der Waals surface area contributed by atoms with Crippen LogP contribution >= 0.6 is 0 Å². The van der Waals surface area contributed by atoms with Crippen LogP contribution in [0.15, 0.2) is 55.8 Å². The molecule has 78 heavy (non-hydrogen) atoms. The lowest BCUT2D eigenvalue weighted by molar-refractivity contribution is 0.122. The van der Waals surface area contributed by atoms with Crippen molar-refractivity contribution < 1.29 is 24.4 Å². The number of fused-ring (bicyclic) bond motifs is 3. The third kappa shape index (κ3) is 11.3. The van der Waals surface area contributed by atoms with Crippen molar-refractivity contribution in [3.05, 3.63) is 55.8 Å². The molecular formula is C49H62N24O5. The van der Waals surface area contributed by atoms with Crippen molar-refractivity contribution in [3.63, 3.8) is 0 Å². The second-order valence-electron chi connectivity index (χ2n) is 18.7. The van der Waals surface area contributed by atoms with E-state index in [0.717, 1.165) is 63.7 Å². The summed E-state index contributed by atoms with van der Waals surface area (Å²) in [5, 5.41) is 34.9. The van der Waals surface area contributed by atoms with Crippen LogP contribution in [0.1, 0.15) is 52.2 Å². The molecule has 0 amide bonds. The average Bonchev–Trinajstić information content (AvgIpc) is 4.32. The lowest BCUT2D eigenvalue weighted by Crippen LogP contribution is -2.37. The maximum absolute atomic E-state index is 9.54. The summed E-state index contributed by atoms with van der Waals surface area (Å²) in [4.78, 5) is 59.3. The topological polar surface area (TPSA) is 364 Å². The Bertz CT molecular complexity index is 3070. The van der Waals surface area contributed by atoms with Gasteiger partial charge in [0, 0.05) is 93.1 Å². The molecule has 9 aromatic rings. The minimum Gasteiger partial charge on any atom is -0.394 e. The van der Waals surface area contributed by atoms with Crippen LogP contribution in [-0.2, 0) is 14.2 Å². The number of hydrogen-bond acceptors (Lipinski definition) is 26. The van der Waals surface area contributed by atoms with E-state index < -0.39 is 0 Å². The molecular weight excluding hydrogens is 1000 g/mol. The van der Waals surface area contributed by atoms with Crippen molar-refractivity contribution >= 4 is 68.8 Å². The zero-order valence-electron chi connectivity index (χ0n) is 43.8. The molecule has 29 heteroatoms. The first-order chi connectivity index (χ1) is 38.0. The van der Waals surface area contributed by atoms with E-state index in [1.807, 2.05) is 24.7 Å². The predicted molar refractivity (Wildman–Crippen MR) is 290 cm³/mol. The molecule has 3 fully saturated rings. The Hall–Kier alpha value is -8.51. The third-order valence-electron chi connectivity index (χ3n) is 13.4. The lowest BCUT2D eigenvalue weighted by Gasteiger charge is -2.27. The van der Waals surface area contributed by atoms with Crippen LogP contribution in [0, 0.1) is 0 Å². The Kier molecular flexibility index (Phi) is 16.1. The second-order valence-corrected chi connectivity index (χ2v) is 18.7. The highest BCUT2D eigenvalue weighted by Gasteiger charge is 2.25. The van der Waals surface area contributed by atoms with Gasteiger partial charge in [0.2, 0.25) is 35.7 Å². The van der Waals surface area contributed by atoms with Crippen molar-refractivity contribution in [3.8, 4) is 33.8 Å². The molecule has 0 spiro atoms. The molecule has 29 nitrogen and oxygen atoms in total. The van der Waals surface area contributed by atoms with Crippen molar-refractivity contribution in [2.45, 2.75) is 52.2 Å².